The summed E-state index contributed by atoms with van der Waals surface area (Å²) < 4.78 is 0. The molecular formula is C8H9OS. The molecule has 0 aliphatic carbocycles. The van der Waals surface area contributed by atoms with Crippen LogP contribution < -0.4 is 0 Å². The number of thiophene rings is 1. The molecule has 0 saturated heterocycles. The van der Waals surface area contributed by atoms with Gasteiger partial charge in [0.05, 0.1) is 0 Å². The predicted octanol–water partition coefficient (Wildman–Crippen LogP) is 2.08. The van der Waals surface area contributed by atoms with Crippen LogP contribution in [0.3, 0.4) is 0 Å². The monoisotopic (exact) mass is 153 g/mol. The summed E-state index contributed by atoms with van der Waals surface area (Å²) in [5.41, 5.74) is 0. The molecule has 1 heterocycles. The molecule has 1 nitrogen and oxygen atoms in total. The second kappa shape index (κ2) is 4.23. The third-order valence-electron chi connectivity index (χ3n) is 1.23. The number of unbranched alkanes of at least 4 members (excludes halogenated alkanes) is 1. The van der Waals surface area contributed by atoms with Gasteiger partial charge in [-0.1, -0.05) is 6.07 Å². The molecule has 1 radical (unpaired) electrons. The van der Waals surface area contributed by atoms with E-state index in [0.717, 1.165) is 19.1 Å². The molecular weight excluding hydrogens is 144 g/mol. The summed E-state index contributed by atoms with van der Waals surface area (Å²) in [5.74, 6) is 0. The van der Waals surface area contributed by atoms with Gasteiger partial charge < -0.3 is 4.79 Å². The van der Waals surface area contributed by atoms with Crippen molar-refractivity contribution in [1.29, 1.82) is 0 Å². The van der Waals surface area contributed by atoms with Crippen molar-refractivity contribution in [1.82, 2.24) is 0 Å². The molecule has 0 bridgehead atoms. The zero-order valence-corrected chi connectivity index (χ0v) is 6.43. The van der Waals surface area contributed by atoms with E-state index in [-0.39, 0.29) is 0 Å². The summed E-state index contributed by atoms with van der Waals surface area (Å²) in [7, 11) is 0. The fourth-order valence-corrected chi connectivity index (χ4v) is 1.47. The Bertz CT molecular complexity index is 179. The third kappa shape index (κ3) is 2.31. The number of carbonyl (C=O) groups is 1. The second-order valence-electron chi connectivity index (χ2n) is 1.99. The van der Waals surface area contributed by atoms with Crippen molar-refractivity contribution < 1.29 is 4.79 Å². The average molecular weight is 153 g/mol. The van der Waals surface area contributed by atoms with E-state index in [1.165, 1.54) is 4.88 Å². The molecule has 0 amide bonds. The Balaban J connectivity index is 2.21. The first-order valence-electron chi connectivity index (χ1n) is 3.23. The Labute approximate surface area is 64.7 Å². The Morgan fingerprint density at radius 3 is 3.10 bits per heavy atom. The third-order valence-corrected chi connectivity index (χ3v) is 2.17. The van der Waals surface area contributed by atoms with Crippen LogP contribution in [0.15, 0.2) is 17.5 Å². The maximum Gasteiger partial charge on any atom is 0.123 e. The van der Waals surface area contributed by atoms with Gasteiger partial charge >= 0.3 is 0 Å². The summed E-state index contributed by atoms with van der Waals surface area (Å²) in [4.78, 5) is 11.2. The quantitative estimate of drug-likeness (QED) is 0.478. The van der Waals surface area contributed by atoms with E-state index in [2.05, 4.69) is 11.4 Å². The number of carbonyl (C=O) groups excluding carboxylic acids is 1. The summed E-state index contributed by atoms with van der Waals surface area (Å²) in [6.07, 6.45) is 4.37. The van der Waals surface area contributed by atoms with Gasteiger partial charge in [-0.25, -0.2) is 0 Å². The fraction of sp³-hybridized carbons (Fsp3) is 0.250. The van der Waals surface area contributed by atoms with E-state index in [9.17, 15) is 4.79 Å². The first-order valence-corrected chi connectivity index (χ1v) is 4.11. The Hall–Kier alpha value is -0.630. The minimum Gasteiger partial charge on any atom is -0.303 e. The van der Waals surface area contributed by atoms with Gasteiger partial charge in [0, 0.05) is 11.3 Å². The van der Waals surface area contributed by atoms with E-state index < -0.39 is 0 Å². The SMILES string of the molecule is O=C[CH]CCc1cccs1. The van der Waals surface area contributed by atoms with Crippen LogP contribution in [0.5, 0.6) is 0 Å². The average Bonchev–Trinajstić information content (AvgIpc) is 2.41. The summed E-state index contributed by atoms with van der Waals surface area (Å²) >= 11 is 1.74. The van der Waals surface area contributed by atoms with Crippen LogP contribution in [-0.2, 0) is 11.2 Å². The van der Waals surface area contributed by atoms with Crippen molar-refractivity contribution in [2.45, 2.75) is 12.8 Å². The molecule has 2 heteroatoms. The molecule has 0 atom stereocenters. The summed E-state index contributed by atoms with van der Waals surface area (Å²) in [5, 5.41) is 2.05. The van der Waals surface area contributed by atoms with Gasteiger partial charge in [0.15, 0.2) is 0 Å². The molecule has 53 valence electrons. The van der Waals surface area contributed by atoms with E-state index in [4.69, 9.17) is 0 Å². The highest BCUT2D eigenvalue weighted by Crippen LogP contribution is 2.10. The van der Waals surface area contributed by atoms with Crippen molar-refractivity contribution in [2.75, 3.05) is 0 Å². The lowest BCUT2D eigenvalue weighted by Crippen LogP contribution is -1.81. The van der Waals surface area contributed by atoms with Crippen molar-refractivity contribution in [2.24, 2.45) is 0 Å². The summed E-state index contributed by atoms with van der Waals surface area (Å²) in [6.45, 7) is 0. The van der Waals surface area contributed by atoms with Crippen molar-refractivity contribution in [3.63, 3.8) is 0 Å². The molecule has 0 aromatic carbocycles. The van der Waals surface area contributed by atoms with Gasteiger partial charge in [-0.05, 0) is 24.3 Å². The Morgan fingerprint density at radius 1 is 1.60 bits per heavy atom. The fourth-order valence-electron chi connectivity index (χ4n) is 0.748. The molecule has 0 aliphatic rings. The van der Waals surface area contributed by atoms with Gasteiger partial charge in [0.2, 0.25) is 0 Å². The largest absolute Gasteiger partial charge is 0.303 e. The molecule has 10 heavy (non-hydrogen) atoms. The van der Waals surface area contributed by atoms with Crippen LogP contribution in [0.25, 0.3) is 0 Å². The van der Waals surface area contributed by atoms with Gasteiger partial charge in [-0.2, -0.15) is 0 Å². The number of aldehydes is 1. The van der Waals surface area contributed by atoms with E-state index in [1.807, 2.05) is 6.07 Å². The Kier molecular flexibility index (Phi) is 3.16. The van der Waals surface area contributed by atoms with Crippen molar-refractivity contribution >= 4 is 17.6 Å². The lowest BCUT2D eigenvalue weighted by molar-refractivity contribution is -0.105. The number of hydrogen-bond donors (Lipinski definition) is 0. The molecule has 0 saturated carbocycles. The minimum atomic E-state index is 0.855. The molecule has 0 unspecified atom stereocenters. The first-order chi connectivity index (χ1) is 4.93. The zero-order chi connectivity index (χ0) is 7.23. The highest BCUT2D eigenvalue weighted by atomic mass is 32.1. The minimum absolute atomic E-state index is 0.855. The molecule has 0 spiro atoms. The molecule has 0 fully saturated rings. The van der Waals surface area contributed by atoms with Crippen LogP contribution in [0, 0.1) is 6.42 Å². The van der Waals surface area contributed by atoms with Gasteiger partial charge in [-0.3, -0.25) is 0 Å². The van der Waals surface area contributed by atoms with Crippen LogP contribution in [-0.4, -0.2) is 6.29 Å². The van der Waals surface area contributed by atoms with Crippen LogP contribution in [0.4, 0.5) is 0 Å². The van der Waals surface area contributed by atoms with Gasteiger partial charge in [0.25, 0.3) is 0 Å². The topological polar surface area (TPSA) is 17.1 Å². The highest BCUT2D eigenvalue weighted by Gasteiger charge is 1.91. The van der Waals surface area contributed by atoms with E-state index in [0.29, 0.717) is 0 Å². The lowest BCUT2D eigenvalue weighted by Gasteiger charge is -1.89. The number of rotatable bonds is 4. The second-order valence-corrected chi connectivity index (χ2v) is 3.02. The van der Waals surface area contributed by atoms with Crippen LogP contribution in [0.2, 0.25) is 0 Å². The molecule has 0 aliphatic heterocycles. The summed E-state index contributed by atoms with van der Waals surface area (Å²) in [6, 6.07) is 4.12. The first kappa shape index (κ1) is 7.48. The van der Waals surface area contributed by atoms with E-state index >= 15 is 0 Å². The molecule has 1 aromatic heterocycles. The maximum absolute atomic E-state index is 9.88. The van der Waals surface area contributed by atoms with E-state index in [1.54, 1.807) is 17.8 Å². The molecule has 1 aromatic rings. The van der Waals surface area contributed by atoms with Gasteiger partial charge in [-0.15, -0.1) is 11.3 Å². The normalized spacial score (nSPS) is 9.60. The van der Waals surface area contributed by atoms with Crippen molar-refractivity contribution in [3.8, 4) is 0 Å². The maximum atomic E-state index is 9.88. The highest BCUT2D eigenvalue weighted by molar-refractivity contribution is 7.09. The molecule has 0 N–H and O–H groups in total. The van der Waals surface area contributed by atoms with Crippen molar-refractivity contribution in [3.05, 3.63) is 28.8 Å². The smallest absolute Gasteiger partial charge is 0.123 e. The Morgan fingerprint density at radius 2 is 2.50 bits per heavy atom. The number of aryl methyl sites for hydroxylation is 1. The lowest BCUT2D eigenvalue weighted by atomic mass is 10.2. The molecule has 1 rings (SSSR count). The zero-order valence-electron chi connectivity index (χ0n) is 5.62. The van der Waals surface area contributed by atoms with Crippen LogP contribution in [0.1, 0.15) is 11.3 Å². The predicted molar refractivity (Wildman–Crippen MR) is 43.0 cm³/mol. The standard InChI is InChI=1S/C8H9OS/c9-6-2-1-4-8-5-3-7-10-8/h2-3,5-7H,1,4H2. The number of hydrogen-bond acceptors (Lipinski definition) is 2. The van der Waals surface area contributed by atoms with Crippen LogP contribution >= 0.6 is 11.3 Å². The van der Waals surface area contributed by atoms with Gasteiger partial charge in [0.1, 0.15) is 6.29 Å².